The third kappa shape index (κ3) is 4.35. The summed E-state index contributed by atoms with van der Waals surface area (Å²) < 4.78 is 0. The van der Waals surface area contributed by atoms with Crippen molar-refractivity contribution in [2.75, 3.05) is 10.6 Å². The average Bonchev–Trinajstić information content (AvgIpc) is 2.69. The molecule has 3 aromatic carbocycles. The lowest BCUT2D eigenvalue weighted by atomic mass is 10.1. The maximum atomic E-state index is 12.6. The standard InChI is InChI=1S/C22H18Cl2N2O2/c1-13-17(23)8-4-10-19(13)25-21(27)15-6-3-7-16(12-15)22(28)26-20-11-5-9-18(24)14(20)2/h3-12H,1-2H3,(H,25,27)(H,26,28). The first-order chi connectivity index (χ1) is 13.4. The Morgan fingerprint density at radius 2 is 1.07 bits per heavy atom. The molecule has 4 nitrogen and oxygen atoms in total. The van der Waals surface area contributed by atoms with Crippen LogP contribution in [0, 0.1) is 13.8 Å². The summed E-state index contributed by atoms with van der Waals surface area (Å²) in [7, 11) is 0. The molecule has 28 heavy (non-hydrogen) atoms. The molecule has 0 aliphatic carbocycles. The van der Waals surface area contributed by atoms with Gasteiger partial charge in [-0.25, -0.2) is 0 Å². The van der Waals surface area contributed by atoms with E-state index < -0.39 is 0 Å². The van der Waals surface area contributed by atoms with Gasteiger partial charge in [0.1, 0.15) is 0 Å². The molecule has 6 heteroatoms. The molecule has 0 unspecified atom stereocenters. The SMILES string of the molecule is Cc1c(Cl)cccc1NC(=O)c1cccc(C(=O)Nc2cccc(Cl)c2C)c1. The van der Waals surface area contributed by atoms with Crippen molar-refractivity contribution in [3.8, 4) is 0 Å². The Morgan fingerprint density at radius 3 is 1.50 bits per heavy atom. The normalized spacial score (nSPS) is 10.4. The van der Waals surface area contributed by atoms with Gasteiger partial charge in [-0.2, -0.15) is 0 Å². The Labute approximate surface area is 173 Å². The molecule has 0 atom stereocenters. The Morgan fingerprint density at radius 1 is 0.679 bits per heavy atom. The Balaban J connectivity index is 1.79. The molecule has 3 rings (SSSR count). The predicted octanol–water partition coefficient (Wildman–Crippen LogP) is 6.11. The van der Waals surface area contributed by atoms with Crippen LogP contribution in [-0.4, -0.2) is 11.8 Å². The first-order valence-electron chi connectivity index (χ1n) is 8.60. The highest BCUT2D eigenvalue weighted by Gasteiger charge is 2.13. The molecule has 0 aliphatic rings. The third-order valence-electron chi connectivity index (χ3n) is 4.42. The van der Waals surface area contributed by atoms with E-state index in [-0.39, 0.29) is 11.8 Å². The molecule has 142 valence electrons. The minimum atomic E-state index is -0.320. The zero-order chi connectivity index (χ0) is 20.3. The first-order valence-corrected chi connectivity index (χ1v) is 9.35. The van der Waals surface area contributed by atoms with E-state index in [4.69, 9.17) is 23.2 Å². The molecular formula is C22H18Cl2N2O2. The molecule has 0 bridgehead atoms. The zero-order valence-corrected chi connectivity index (χ0v) is 16.9. The van der Waals surface area contributed by atoms with Gasteiger partial charge in [-0.1, -0.05) is 41.4 Å². The van der Waals surface area contributed by atoms with Gasteiger partial charge in [0.15, 0.2) is 0 Å². The van der Waals surface area contributed by atoms with Crippen LogP contribution in [0.15, 0.2) is 60.7 Å². The van der Waals surface area contributed by atoms with E-state index in [9.17, 15) is 9.59 Å². The van der Waals surface area contributed by atoms with E-state index in [1.807, 2.05) is 13.8 Å². The maximum absolute atomic E-state index is 12.6. The lowest BCUT2D eigenvalue weighted by Crippen LogP contribution is -2.16. The van der Waals surface area contributed by atoms with Crippen molar-refractivity contribution >= 4 is 46.4 Å². The van der Waals surface area contributed by atoms with Gasteiger partial charge < -0.3 is 10.6 Å². The van der Waals surface area contributed by atoms with Crippen molar-refractivity contribution in [3.63, 3.8) is 0 Å². The molecule has 2 N–H and O–H groups in total. The summed E-state index contributed by atoms with van der Waals surface area (Å²) >= 11 is 12.2. The quantitative estimate of drug-likeness (QED) is 0.542. The fourth-order valence-corrected chi connectivity index (χ4v) is 3.03. The number of amides is 2. The second-order valence-electron chi connectivity index (χ2n) is 6.31. The predicted molar refractivity (Wildman–Crippen MR) is 115 cm³/mol. The molecular weight excluding hydrogens is 395 g/mol. The summed E-state index contributed by atoms with van der Waals surface area (Å²) in [6.45, 7) is 3.66. The van der Waals surface area contributed by atoms with Gasteiger partial charge in [0, 0.05) is 32.5 Å². The topological polar surface area (TPSA) is 58.2 Å². The summed E-state index contributed by atoms with van der Waals surface area (Å²) in [5, 5.41) is 6.80. The number of halogens is 2. The monoisotopic (exact) mass is 412 g/mol. The Hall–Kier alpha value is -2.82. The van der Waals surface area contributed by atoms with Crippen LogP contribution in [0.4, 0.5) is 11.4 Å². The Bertz CT molecular complexity index is 983. The number of anilines is 2. The van der Waals surface area contributed by atoms with Gasteiger partial charge in [0.05, 0.1) is 0 Å². The molecule has 0 fully saturated rings. The minimum Gasteiger partial charge on any atom is -0.322 e. The van der Waals surface area contributed by atoms with E-state index in [1.165, 1.54) is 0 Å². The molecule has 3 aromatic rings. The van der Waals surface area contributed by atoms with Gasteiger partial charge in [0.2, 0.25) is 0 Å². The number of rotatable bonds is 4. The fourth-order valence-electron chi connectivity index (χ4n) is 2.68. The summed E-state index contributed by atoms with van der Waals surface area (Å²) in [5.74, 6) is -0.641. The summed E-state index contributed by atoms with van der Waals surface area (Å²) in [4.78, 5) is 25.2. The van der Waals surface area contributed by atoms with Gasteiger partial charge >= 0.3 is 0 Å². The lowest BCUT2D eigenvalue weighted by Gasteiger charge is -2.11. The van der Waals surface area contributed by atoms with Crippen LogP contribution in [0.25, 0.3) is 0 Å². The highest BCUT2D eigenvalue weighted by atomic mass is 35.5. The number of hydrogen-bond acceptors (Lipinski definition) is 2. The van der Waals surface area contributed by atoms with Gasteiger partial charge in [-0.05, 0) is 67.4 Å². The summed E-state index contributed by atoms with van der Waals surface area (Å²) in [5.41, 5.74) is 3.55. The molecule has 0 aromatic heterocycles. The molecule has 0 heterocycles. The molecule has 0 saturated heterocycles. The molecule has 0 spiro atoms. The van der Waals surface area contributed by atoms with Crippen LogP contribution in [0.3, 0.4) is 0 Å². The van der Waals surface area contributed by atoms with Crippen LogP contribution in [0.2, 0.25) is 10.0 Å². The van der Waals surface area contributed by atoms with Crippen LogP contribution in [0.1, 0.15) is 31.8 Å². The van der Waals surface area contributed by atoms with Crippen molar-refractivity contribution in [2.24, 2.45) is 0 Å². The second kappa shape index (κ2) is 8.46. The lowest BCUT2D eigenvalue weighted by molar-refractivity contribution is 0.102. The van der Waals surface area contributed by atoms with Crippen molar-refractivity contribution < 1.29 is 9.59 Å². The molecule has 0 saturated carbocycles. The fraction of sp³-hybridized carbons (Fsp3) is 0.0909. The second-order valence-corrected chi connectivity index (χ2v) is 7.13. The molecule has 0 radical (unpaired) electrons. The number of carbonyl (C=O) groups is 2. The average molecular weight is 413 g/mol. The van der Waals surface area contributed by atoms with Crippen LogP contribution in [-0.2, 0) is 0 Å². The van der Waals surface area contributed by atoms with Crippen molar-refractivity contribution in [2.45, 2.75) is 13.8 Å². The smallest absolute Gasteiger partial charge is 0.255 e. The zero-order valence-electron chi connectivity index (χ0n) is 15.3. The molecule has 0 aliphatic heterocycles. The van der Waals surface area contributed by atoms with E-state index >= 15 is 0 Å². The van der Waals surface area contributed by atoms with Gasteiger partial charge in [-0.15, -0.1) is 0 Å². The maximum Gasteiger partial charge on any atom is 0.255 e. The summed E-state index contributed by atoms with van der Waals surface area (Å²) in [6.07, 6.45) is 0. The first kappa shape index (κ1) is 19.9. The van der Waals surface area contributed by atoms with E-state index in [0.29, 0.717) is 32.5 Å². The summed E-state index contributed by atoms with van der Waals surface area (Å²) in [6, 6.07) is 17.1. The van der Waals surface area contributed by atoms with Crippen LogP contribution in [0.5, 0.6) is 0 Å². The van der Waals surface area contributed by atoms with E-state index in [1.54, 1.807) is 60.7 Å². The van der Waals surface area contributed by atoms with E-state index in [2.05, 4.69) is 10.6 Å². The third-order valence-corrected chi connectivity index (χ3v) is 5.24. The Kier molecular flexibility index (Phi) is 6.02. The number of benzene rings is 3. The number of hydrogen-bond donors (Lipinski definition) is 2. The van der Waals surface area contributed by atoms with Gasteiger partial charge in [0.25, 0.3) is 11.8 Å². The van der Waals surface area contributed by atoms with Gasteiger partial charge in [-0.3, -0.25) is 9.59 Å². The van der Waals surface area contributed by atoms with Crippen molar-refractivity contribution in [1.29, 1.82) is 0 Å². The molecule has 2 amide bonds. The van der Waals surface area contributed by atoms with Crippen LogP contribution >= 0.6 is 23.2 Å². The highest BCUT2D eigenvalue weighted by Crippen LogP contribution is 2.25. The number of nitrogens with one attached hydrogen (secondary N) is 2. The largest absolute Gasteiger partial charge is 0.322 e. The van der Waals surface area contributed by atoms with E-state index in [0.717, 1.165) is 11.1 Å². The number of carbonyl (C=O) groups excluding carboxylic acids is 2. The van der Waals surface area contributed by atoms with Crippen LogP contribution < -0.4 is 10.6 Å². The van der Waals surface area contributed by atoms with Crippen molar-refractivity contribution in [3.05, 3.63) is 93.0 Å². The minimum absolute atomic E-state index is 0.320. The highest BCUT2D eigenvalue weighted by molar-refractivity contribution is 6.32. The van der Waals surface area contributed by atoms with Crippen molar-refractivity contribution in [1.82, 2.24) is 0 Å².